The summed E-state index contributed by atoms with van der Waals surface area (Å²) in [6, 6.07) is 2.68. The Labute approximate surface area is 137 Å². The van der Waals surface area contributed by atoms with Crippen LogP contribution >= 0.6 is 15.9 Å². The van der Waals surface area contributed by atoms with Crippen molar-refractivity contribution in [2.75, 3.05) is 12.8 Å². The molecule has 2 rings (SSSR count). The highest BCUT2D eigenvalue weighted by atomic mass is 79.9. The van der Waals surface area contributed by atoms with E-state index in [0.717, 1.165) is 31.7 Å². The SMILES string of the molecule is CC1CC(NC(=O)c2cc(Br)cc(S(C)(=O)=O)c2F)CCN1. The molecule has 1 fully saturated rings. The number of carbonyl (C=O) groups excluding carboxylic acids is 1. The van der Waals surface area contributed by atoms with E-state index in [-0.39, 0.29) is 17.6 Å². The molecule has 2 N–H and O–H groups in total. The average Bonchev–Trinajstić information content (AvgIpc) is 2.39. The van der Waals surface area contributed by atoms with Gasteiger partial charge in [-0.3, -0.25) is 4.79 Å². The second-order valence-electron chi connectivity index (χ2n) is 5.59. The molecule has 1 aromatic carbocycles. The lowest BCUT2D eigenvalue weighted by atomic mass is 10.0. The van der Waals surface area contributed by atoms with Crippen LogP contribution in [0, 0.1) is 5.82 Å². The van der Waals surface area contributed by atoms with Gasteiger partial charge in [-0.2, -0.15) is 0 Å². The van der Waals surface area contributed by atoms with Gasteiger partial charge in [0.2, 0.25) is 0 Å². The predicted molar refractivity (Wildman–Crippen MR) is 85.2 cm³/mol. The van der Waals surface area contributed by atoms with Crippen LogP contribution in [0.4, 0.5) is 4.39 Å². The summed E-state index contributed by atoms with van der Waals surface area (Å²) in [6.45, 7) is 2.79. The minimum absolute atomic E-state index is 0.0520. The largest absolute Gasteiger partial charge is 0.349 e. The minimum Gasteiger partial charge on any atom is -0.349 e. The second-order valence-corrected chi connectivity index (χ2v) is 8.49. The van der Waals surface area contributed by atoms with E-state index in [9.17, 15) is 17.6 Å². The van der Waals surface area contributed by atoms with E-state index in [4.69, 9.17) is 0 Å². The lowest BCUT2D eigenvalue weighted by Crippen LogP contribution is -2.46. The Morgan fingerprint density at radius 3 is 2.73 bits per heavy atom. The lowest BCUT2D eigenvalue weighted by molar-refractivity contribution is 0.0921. The van der Waals surface area contributed by atoms with Crippen molar-refractivity contribution in [1.82, 2.24) is 10.6 Å². The fourth-order valence-electron chi connectivity index (χ4n) is 2.53. The third kappa shape index (κ3) is 4.05. The molecule has 1 amide bonds. The van der Waals surface area contributed by atoms with Crippen LogP contribution in [-0.4, -0.2) is 39.2 Å². The summed E-state index contributed by atoms with van der Waals surface area (Å²) in [5.41, 5.74) is -0.263. The van der Waals surface area contributed by atoms with Gasteiger partial charge in [-0.1, -0.05) is 15.9 Å². The van der Waals surface area contributed by atoms with Gasteiger partial charge < -0.3 is 10.6 Å². The van der Waals surface area contributed by atoms with Crippen molar-refractivity contribution < 1.29 is 17.6 Å². The van der Waals surface area contributed by atoms with Crippen LogP contribution in [0.25, 0.3) is 0 Å². The molecule has 2 unspecified atom stereocenters. The molecule has 0 aromatic heterocycles. The maximum absolute atomic E-state index is 14.4. The van der Waals surface area contributed by atoms with Gasteiger partial charge in [0.15, 0.2) is 15.7 Å². The molecule has 0 radical (unpaired) electrons. The van der Waals surface area contributed by atoms with Gasteiger partial charge >= 0.3 is 0 Å². The van der Waals surface area contributed by atoms with Crippen molar-refractivity contribution >= 4 is 31.7 Å². The minimum atomic E-state index is -3.75. The summed E-state index contributed by atoms with van der Waals surface area (Å²) in [5, 5.41) is 6.04. The molecule has 1 aliphatic rings. The topological polar surface area (TPSA) is 75.3 Å². The second kappa shape index (κ2) is 6.64. The highest BCUT2D eigenvalue weighted by Gasteiger charge is 2.25. The highest BCUT2D eigenvalue weighted by Crippen LogP contribution is 2.24. The zero-order chi connectivity index (χ0) is 16.5. The molecule has 1 aliphatic heterocycles. The summed E-state index contributed by atoms with van der Waals surface area (Å²) in [5.74, 6) is -1.60. The molecule has 0 bridgehead atoms. The van der Waals surface area contributed by atoms with Crippen molar-refractivity contribution in [3.05, 3.63) is 28.0 Å². The van der Waals surface area contributed by atoms with Crippen molar-refractivity contribution in [1.29, 1.82) is 0 Å². The molecule has 1 aromatic rings. The first-order valence-electron chi connectivity index (χ1n) is 6.92. The van der Waals surface area contributed by atoms with Crippen LogP contribution in [-0.2, 0) is 9.84 Å². The summed E-state index contributed by atoms with van der Waals surface area (Å²) >= 11 is 3.12. The monoisotopic (exact) mass is 392 g/mol. The zero-order valence-corrected chi connectivity index (χ0v) is 14.7. The highest BCUT2D eigenvalue weighted by molar-refractivity contribution is 9.10. The van der Waals surface area contributed by atoms with E-state index in [0.29, 0.717) is 4.47 Å². The number of hydrogen-bond donors (Lipinski definition) is 2. The predicted octanol–water partition coefficient (Wildman–Crippen LogP) is 1.86. The van der Waals surface area contributed by atoms with Gasteiger partial charge in [-0.15, -0.1) is 0 Å². The van der Waals surface area contributed by atoms with E-state index < -0.39 is 26.5 Å². The Bertz CT molecular complexity index is 694. The summed E-state index contributed by atoms with van der Waals surface area (Å²) < 4.78 is 37.9. The van der Waals surface area contributed by atoms with E-state index >= 15 is 0 Å². The molecule has 2 atom stereocenters. The molecule has 0 aliphatic carbocycles. The van der Waals surface area contributed by atoms with Crippen molar-refractivity contribution in [3.63, 3.8) is 0 Å². The maximum atomic E-state index is 14.4. The molecular weight excluding hydrogens is 375 g/mol. The number of hydrogen-bond acceptors (Lipinski definition) is 4. The van der Waals surface area contributed by atoms with Gasteiger partial charge in [-0.05, 0) is 38.4 Å². The van der Waals surface area contributed by atoms with E-state index in [1.165, 1.54) is 6.07 Å². The van der Waals surface area contributed by atoms with Crippen molar-refractivity contribution in [3.8, 4) is 0 Å². The fourth-order valence-corrected chi connectivity index (χ4v) is 3.91. The summed E-state index contributed by atoms with van der Waals surface area (Å²) in [6.07, 6.45) is 2.42. The van der Waals surface area contributed by atoms with Crippen LogP contribution in [0.2, 0.25) is 0 Å². The van der Waals surface area contributed by atoms with Gasteiger partial charge in [0.05, 0.1) is 5.56 Å². The van der Waals surface area contributed by atoms with Crippen molar-refractivity contribution in [2.24, 2.45) is 0 Å². The fraction of sp³-hybridized carbons (Fsp3) is 0.500. The molecule has 0 spiro atoms. The van der Waals surface area contributed by atoms with Gasteiger partial charge in [0.1, 0.15) is 4.90 Å². The Morgan fingerprint density at radius 1 is 1.45 bits per heavy atom. The van der Waals surface area contributed by atoms with Crippen LogP contribution in [0.3, 0.4) is 0 Å². The van der Waals surface area contributed by atoms with Crippen LogP contribution in [0.15, 0.2) is 21.5 Å². The van der Waals surface area contributed by atoms with Crippen LogP contribution in [0.1, 0.15) is 30.1 Å². The third-order valence-electron chi connectivity index (χ3n) is 3.61. The van der Waals surface area contributed by atoms with E-state index in [1.807, 2.05) is 6.92 Å². The molecule has 1 heterocycles. The number of rotatable bonds is 3. The quantitative estimate of drug-likeness (QED) is 0.822. The van der Waals surface area contributed by atoms with E-state index in [1.54, 1.807) is 0 Å². The average molecular weight is 393 g/mol. The Kier molecular flexibility index (Phi) is 5.24. The van der Waals surface area contributed by atoms with Gasteiger partial charge in [0.25, 0.3) is 5.91 Å². The molecule has 0 saturated carbocycles. The number of sulfone groups is 1. The van der Waals surface area contributed by atoms with Crippen molar-refractivity contribution in [2.45, 2.75) is 36.7 Å². The first-order valence-corrected chi connectivity index (χ1v) is 9.60. The number of nitrogens with one attached hydrogen (secondary N) is 2. The number of carbonyl (C=O) groups is 1. The Balaban J connectivity index is 2.28. The zero-order valence-electron chi connectivity index (χ0n) is 12.3. The van der Waals surface area contributed by atoms with Crippen LogP contribution in [0.5, 0.6) is 0 Å². The van der Waals surface area contributed by atoms with Crippen LogP contribution < -0.4 is 10.6 Å². The molecular formula is C14H18BrFN2O3S. The first-order chi connectivity index (χ1) is 10.2. The molecule has 5 nitrogen and oxygen atoms in total. The lowest BCUT2D eigenvalue weighted by Gasteiger charge is -2.28. The smallest absolute Gasteiger partial charge is 0.254 e. The van der Waals surface area contributed by atoms with E-state index in [2.05, 4.69) is 26.6 Å². The normalized spacial score (nSPS) is 22.4. The van der Waals surface area contributed by atoms with Gasteiger partial charge in [-0.25, -0.2) is 12.8 Å². The third-order valence-corrected chi connectivity index (χ3v) is 5.16. The number of benzene rings is 1. The Hall–Kier alpha value is -0.990. The number of piperidine rings is 1. The number of amides is 1. The molecule has 22 heavy (non-hydrogen) atoms. The molecule has 122 valence electrons. The standard InChI is InChI=1S/C14H18BrFN2O3S/c1-8-5-10(3-4-17-8)18-14(19)11-6-9(15)7-12(13(11)16)22(2,20)21/h6-8,10,17H,3-5H2,1-2H3,(H,18,19). The molecule has 8 heteroatoms. The Morgan fingerprint density at radius 2 is 2.14 bits per heavy atom. The number of halogens is 2. The summed E-state index contributed by atoms with van der Waals surface area (Å²) in [7, 11) is -3.75. The first kappa shape index (κ1) is 17.4. The molecule has 1 saturated heterocycles. The maximum Gasteiger partial charge on any atom is 0.254 e. The van der Waals surface area contributed by atoms with Gasteiger partial charge in [0, 0.05) is 22.8 Å². The summed E-state index contributed by atoms with van der Waals surface area (Å²) in [4.78, 5) is 11.8.